The van der Waals surface area contributed by atoms with Crippen molar-refractivity contribution in [3.8, 4) is 22.6 Å². The number of alkyl halides is 2. The van der Waals surface area contributed by atoms with Crippen molar-refractivity contribution in [2.45, 2.75) is 18.3 Å². The maximum Gasteiger partial charge on any atom is 0.586 e. The number of amides is 1. The van der Waals surface area contributed by atoms with E-state index in [2.05, 4.69) is 14.8 Å². The van der Waals surface area contributed by atoms with E-state index in [-0.39, 0.29) is 23.8 Å². The van der Waals surface area contributed by atoms with Crippen molar-refractivity contribution in [3.05, 3.63) is 83.4 Å². The molecule has 0 aromatic heterocycles. The molecule has 0 bridgehead atoms. The minimum absolute atomic E-state index is 0.0310. The fourth-order valence-electron chi connectivity index (χ4n) is 4.25. The molecule has 3 aromatic carbocycles. The van der Waals surface area contributed by atoms with Crippen LogP contribution in [0.5, 0.6) is 11.5 Å². The number of carboxylic acids is 1. The van der Waals surface area contributed by atoms with Gasteiger partial charge in [0.15, 0.2) is 17.5 Å². The standard InChI is InChI=1S/C24H17F2NO6/c25-24(26)32-19-11-5-10-17(21(19)33-24)20(22(28)29)27-23(30)31-12-18-15-8-3-1-6-13(15)14-7-2-4-9-16(14)18/h1-11,18,20H,12H2,(H,27,30)(H,28,29). The summed E-state index contributed by atoms with van der Waals surface area (Å²) in [6, 6.07) is 17.6. The Bertz CT molecular complexity index is 1220. The van der Waals surface area contributed by atoms with E-state index in [1.54, 1.807) is 0 Å². The third kappa shape index (κ3) is 3.71. The topological polar surface area (TPSA) is 94.1 Å². The Morgan fingerprint density at radius 3 is 2.24 bits per heavy atom. The highest BCUT2D eigenvalue weighted by atomic mass is 19.3. The van der Waals surface area contributed by atoms with Crippen LogP contribution in [0, 0.1) is 0 Å². The van der Waals surface area contributed by atoms with E-state index in [0.717, 1.165) is 22.3 Å². The summed E-state index contributed by atoms with van der Waals surface area (Å²) in [6.07, 6.45) is -4.93. The number of aliphatic carboxylic acids is 1. The van der Waals surface area contributed by atoms with Crippen molar-refractivity contribution in [1.29, 1.82) is 0 Å². The molecule has 168 valence electrons. The molecular formula is C24H17F2NO6. The number of hydrogen-bond donors (Lipinski definition) is 2. The van der Waals surface area contributed by atoms with Crippen molar-refractivity contribution in [1.82, 2.24) is 5.32 Å². The molecule has 5 rings (SSSR count). The monoisotopic (exact) mass is 453 g/mol. The van der Waals surface area contributed by atoms with Crippen LogP contribution in [0.15, 0.2) is 66.7 Å². The lowest BCUT2D eigenvalue weighted by Crippen LogP contribution is -2.35. The average Bonchev–Trinajstić information content (AvgIpc) is 3.28. The van der Waals surface area contributed by atoms with Gasteiger partial charge in [0.2, 0.25) is 0 Å². The lowest BCUT2D eigenvalue weighted by Gasteiger charge is -2.18. The van der Waals surface area contributed by atoms with Crippen LogP contribution in [0.1, 0.15) is 28.7 Å². The van der Waals surface area contributed by atoms with Crippen LogP contribution >= 0.6 is 0 Å². The normalized spacial score (nSPS) is 15.9. The van der Waals surface area contributed by atoms with E-state index >= 15 is 0 Å². The van der Waals surface area contributed by atoms with Crippen LogP contribution in [0.3, 0.4) is 0 Å². The van der Waals surface area contributed by atoms with Crippen molar-refractivity contribution in [3.63, 3.8) is 0 Å². The maximum atomic E-state index is 13.5. The minimum atomic E-state index is -3.93. The van der Waals surface area contributed by atoms with E-state index in [1.165, 1.54) is 18.2 Å². The van der Waals surface area contributed by atoms with Gasteiger partial charge in [0.25, 0.3) is 0 Å². The van der Waals surface area contributed by atoms with Crippen LogP contribution < -0.4 is 14.8 Å². The number of ether oxygens (including phenoxy) is 3. The molecule has 33 heavy (non-hydrogen) atoms. The van der Waals surface area contributed by atoms with Gasteiger partial charge >= 0.3 is 18.4 Å². The fraction of sp³-hybridized carbons (Fsp3) is 0.167. The molecular weight excluding hydrogens is 436 g/mol. The Morgan fingerprint density at radius 2 is 1.61 bits per heavy atom. The second kappa shape index (κ2) is 7.77. The van der Waals surface area contributed by atoms with Gasteiger partial charge in [-0.3, -0.25) is 0 Å². The lowest BCUT2D eigenvalue weighted by atomic mass is 9.98. The largest absolute Gasteiger partial charge is 0.586 e. The van der Waals surface area contributed by atoms with Gasteiger partial charge in [-0.1, -0.05) is 60.7 Å². The van der Waals surface area contributed by atoms with Gasteiger partial charge < -0.3 is 24.6 Å². The van der Waals surface area contributed by atoms with Gasteiger partial charge in [0.05, 0.1) is 0 Å². The molecule has 1 aliphatic carbocycles. The molecule has 1 atom stereocenters. The Morgan fingerprint density at radius 1 is 0.970 bits per heavy atom. The first kappa shape index (κ1) is 20.7. The first-order valence-corrected chi connectivity index (χ1v) is 10.1. The number of nitrogens with one attached hydrogen (secondary N) is 1. The van der Waals surface area contributed by atoms with E-state index in [0.29, 0.717) is 0 Å². The van der Waals surface area contributed by atoms with Crippen LogP contribution in [-0.4, -0.2) is 30.1 Å². The summed E-state index contributed by atoms with van der Waals surface area (Å²) in [7, 11) is 0. The summed E-state index contributed by atoms with van der Waals surface area (Å²) >= 11 is 0. The van der Waals surface area contributed by atoms with Gasteiger partial charge in [0.1, 0.15) is 6.61 Å². The van der Waals surface area contributed by atoms with Crippen molar-refractivity contribution < 1.29 is 37.7 Å². The number of halogens is 2. The Hall–Kier alpha value is -4.14. The highest BCUT2D eigenvalue weighted by Gasteiger charge is 2.46. The number of carbonyl (C=O) groups excluding carboxylic acids is 1. The van der Waals surface area contributed by atoms with Crippen molar-refractivity contribution in [2.75, 3.05) is 6.61 Å². The summed E-state index contributed by atoms with van der Waals surface area (Å²) in [4.78, 5) is 24.4. The van der Waals surface area contributed by atoms with Crippen LogP contribution in [0.25, 0.3) is 11.1 Å². The number of rotatable bonds is 5. The van der Waals surface area contributed by atoms with Crippen LogP contribution in [0.2, 0.25) is 0 Å². The van der Waals surface area contributed by atoms with Crippen LogP contribution in [0.4, 0.5) is 13.6 Å². The molecule has 1 aliphatic heterocycles. The van der Waals surface area contributed by atoms with Gasteiger partial charge in [-0.2, -0.15) is 0 Å². The molecule has 1 heterocycles. The average molecular weight is 453 g/mol. The van der Waals surface area contributed by atoms with Gasteiger partial charge in [-0.15, -0.1) is 8.78 Å². The zero-order valence-corrected chi connectivity index (χ0v) is 17.0. The third-order valence-electron chi connectivity index (χ3n) is 5.62. The van der Waals surface area contributed by atoms with E-state index in [4.69, 9.17) is 4.74 Å². The number of hydrogen-bond acceptors (Lipinski definition) is 5. The molecule has 2 aliphatic rings. The molecule has 0 saturated carbocycles. The third-order valence-corrected chi connectivity index (χ3v) is 5.62. The Balaban J connectivity index is 1.34. The predicted molar refractivity (Wildman–Crippen MR) is 111 cm³/mol. The van der Waals surface area contributed by atoms with E-state index in [1.807, 2.05) is 48.5 Å². The number of fused-ring (bicyclic) bond motifs is 4. The number of para-hydroxylation sites is 1. The fourth-order valence-corrected chi connectivity index (χ4v) is 4.25. The molecule has 7 nitrogen and oxygen atoms in total. The summed E-state index contributed by atoms with van der Waals surface area (Å²) < 4.78 is 41.1. The zero-order chi connectivity index (χ0) is 23.2. The van der Waals surface area contributed by atoms with E-state index in [9.17, 15) is 23.5 Å². The molecule has 0 spiro atoms. The Kier molecular flexibility index (Phi) is 4.88. The quantitative estimate of drug-likeness (QED) is 0.583. The van der Waals surface area contributed by atoms with Crippen LogP contribution in [-0.2, 0) is 9.53 Å². The second-order valence-corrected chi connectivity index (χ2v) is 7.58. The predicted octanol–water partition coefficient (Wildman–Crippen LogP) is 4.67. The molecule has 1 unspecified atom stereocenters. The molecule has 0 fully saturated rings. The molecule has 9 heteroatoms. The molecule has 0 radical (unpaired) electrons. The summed E-state index contributed by atoms with van der Waals surface area (Å²) in [5.74, 6) is -2.47. The SMILES string of the molecule is O=C(NC(C(=O)O)c1cccc2c1OC(F)(F)O2)OCC1c2ccccc2-c2ccccc21. The minimum Gasteiger partial charge on any atom is -0.479 e. The highest BCUT2D eigenvalue weighted by Crippen LogP contribution is 2.46. The lowest BCUT2D eigenvalue weighted by molar-refractivity contribution is -0.287. The van der Waals surface area contributed by atoms with Crippen molar-refractivity contribution >= 4 is 12.1 Å². The molecule has 0 saturated heterocycles. The maximum absolute atomic E-state index is 13.5. The highest BCUT2D eigenvalue weighted by molar-refractivity contribution is 5.83. The van der Waals surface area contributed by atoms with E-state index < -0.39 is 30.1 Å². The van der Waals surface area contributed by atoms with Gasteiger partial charge in [0, 0.05) is 11.5 Å². The second-order valence-electron chi connectivity index (χ2n) is 7.58. The zero-order valence-electron chi connectivity index (χ0n) is 17.0. The number of alkyl carbamates (subject to hydrolysis) is 1. The Labute approximate surface area is 186 Å². The first-order chi connectivity index (χ1) is 15.8. The summed E-state index contributed by atoms with van der Waals surface area (Å²) in [5.41, 5.74) is 3.89. The molecule has 1 amide bonds. The first-order valence-electron chi connectivity index (χ1n) is 10.1. The van der Waals surface area contributed by atoms with Crippen molar-refractivity contribution in [2.24, 2.45) is 0 Å². The number of benzene rings is 3. The van der Waals surface area contributed by atoms with Gasteiger partial charge in [-0.05, 0) is 28.3 Å². The molecule has 2 N–H and O–H groups in total. The van der Waals surface area contributed by atoms with Gasteiger partial charge in [-0.25, -0.2) is 9.59 Å². The molecule has 3 aromatic rings. The number of carboxylic acid groups (broad SMARTS) is 1. The summed E-state index contributed by atoms with van der Waals surface area (Å²) in [6.45, 7) is -0.0310. The summed E-state index contributed by atoms with van der Waals surface area (Å²) in [5, 5.41) is 11.8. The number of carbonyl (C=O) groups is 2. The smallest absolute Gasteiger partial charge is 0.479 e.